The number of carbonyl (C=O) groups excluding carboxylic acids is 2. The van der Waals surface area contributed by atoms with E-state index >= 15 is 0 Å². The second-order valence-corrected chi connectivity index (χ2v) is 24.0. The van der Waals surface area contributed by atoms with Crippen molar-refractivity contribution < 1.29 is 73.8 Å². The number of allylic oxidation sites excluding steroid dienone is 2. The lowest BCUT2D eigenvalue weighted by Crippen LogP contribution is -2.61. The monoisotopic (exact) mass is 1160 g/mol. The third kappa shape index (κ3) is 38.8. The van der Waals surface area contributed by atoms with E-state index < -0.39 is 92.7 Å². The minimum atomic E-state index is -1.77. The number of aliphatic hydroxyl groups excluding tert-OH is 7. The molecule has 11 atom stereocenters. The average Bonchev–Trinajstić information content (AvgIpc) is 3.47. The summed E-state index contributed by atoms with van der Waals surface area (Å²) in [5.41, 5.74) is 0. The van der Waals surface area contributed by atoms with Crippen LogP contribution < -0.4 is 0 Å². The van der Waals surface area contributed by atoms with Crippen molar-refractivity contribution in [2.75, 3.05) is 26.4 Å². The van der Waals surface area contributed by atoms with Crippen LogP contribution in [0.5, 0.6) is 0 Å². The van der Waals surface area contributed by atoms with Gasteiger partial charge in [0.05, 0.1) is 19.8 Å². The zero-order chi connectivity index (χ0) is 58.8. The highest BCUT2D eigenvalue weighted by atomic mass is 16.7. The predicted octanol–water partition coefficient (Wildman–Crippen LogP) is 13.2. The molecule has 2 saturated heterocycles. The number of unbranched alkanes of at least 4 members (excludes halogenated alkanes) is 40. The molecule has 0 aromatic rings. The predicted molar refractivity (Wildman–Crippen MR) is 321 cm³/mol. The largest absolute Gasteiger partial charge is 0.462 e. The Hall–Kier alpha value is -1.76. The zero-order valence-electron chi connectivity index (χ0n) is 51.6. The van der Waals surface area contributed by atoms with Crippen LogP contribution in [0.3, 0.4) is 0 Å². The topological polar surface area (TPSA) is 231 Å². The molecule has 0 bridgehead atoms. The van der Waals surface area contributed by atoms with Gasteiger partial charge in [-0.05, 0) is 32.1 Å². The van der Waals surface area contributed by atoms with Crippen LogP contribution in [0.25, 0.3) is 0 Å². The SMILES string of the molecule is CCCCCCCCCCCCCCCCCCCC/C=C/CCCC(=O)O[C@@H](COC(=O)CCCCCCCCCCCCCCCCCCCCCCCC)CO[C@@H]1O[C@H](CO[C@@H]2O[C@H](CO)[C@H](O)C(O)C2O)[C@H](O)C(O)C1O. The molecular formula is C66H124O15. The van der Waals surface area contributed by atoms with Gasteiger partial charge in [-0.3, -0.25) is 9.59 Å². The second kappa shape index (κ2) is 52.6. The van der Waals surface area contributed by atoms with Crippen molar-refractivity contribution in [2.45, 2.75) is 370 Å². The molecule has 0 amide bonds. The molecule has 478 valence electrons. The highest BCUT2D eigenvalue weighted by Gasteiger charge is 2.47. The van der Waals surface area contributed by atoms with Crippen LogP contribution in [0.2, 0.25) is 0 Å². The van der Waals surface area contributed by atoms with Gasteiger partial charge in [0.1, 0.15) is 55.4 Å². The molecule has 15 nitrogen and oxygen atoms in total. The van der Waals surface area contributed by atoms with Gasteiger partial charge in [-0.25, -0.2) is 0 Å². The summed E-state index contributed by atoms with van der Waals surface area (Å²) in [6.07, 6.45) is 42.5. The fourth-order valence-electron chi connectivity index (χ4n) is 11.0. The Labute approximate surface area is 492 Å². The van der Waals surface area contributed by atoms with Crippen molar-refractivity contribution in [3.8, 4) is 0 Å². The lowest BCUT2D eigenvalue weighted by Gasteiger charge is -2.42. The van der Waals surface area contributed by atoms with E-state index in [0.717, 1.165) is 32.1 Å². The fraction of sp³-hybridized carbons (Fsp3) is 0.939. The summed E-state index contributed by atoms with van der Waals surface area (Å²) >= 11 is 0. The normalized spacial score (nSPS) is 23.6. The Balaban J connectivity index is 1.69. The quantitative estimate of drug-likeness (QED) is 0.0171. The number of esters is 2. The molecular weight excluding hydrogens is 1030 g/mol. The molecule has 0 aromatic carbocycles. The second-order valence-electron chi connectivity index (χ2n) is 24.0. The third-order valence-corrected chi connectivity index (χ3v) is 16.5. The molecule has 15 heteroatoms. The van der Waals surface area contributed by atoms with Gasteiger partial charge in [0.15, 0.2) is 18.7 Å². The van der Waals surface area contributed by atoms with Gasteiger partial charge in [0.2, 0.25) is 0 Å². The summed E-state index contributed by atoms with van der Waals surface area (Å²) in [5.74, 6) is -0.940. The van der Waals surface area contributed by atoms with E-state index in [0.29, 0.717) is 19.3 Å². The highest BCUT2D eigenvalue weighted by molar-refractivity contribution is 5.70. The summed E-state index contributed by atoms with van der Waals surface area (Å²) < 4.78 is 33.8. The third-order valence-electron chi connectivity index (χ3n) is 16.5. The number of rotatable bonds is 56. The lowest BCUT2D eigenvalue weighted by atomic mass is 9.98. The highest BCUT2D eigenvalue weighted by Crippen LogP contribution is 2.27. The Bertz CT molecular complexity index is 1450. The van der Waals surface area contributed by atoms with Gasteiger partial charge in [-0.15, -0.1) is 0 Å². The molecule has 2 rings (SSSR count). The van der Waals surface area contributed by atoms with Crippen LogP contribution >= 0.6 is 0 Å². The Morgan fingerprint density at radius 1 is 0.383 bits per heavy atom. The average molecular weight is 1160 g/mol. The van der Waals surface area contributed by atoms with E-state index in [-0.39, 0.29) is 26.1 Å². The molecule has 2 aliphatic heterocycles. The Morgan fingerprint density at radius 2 is 0.716 bits per heavy atom. The van der Waals surface area contributed by atoms with Crippen LogP contribution in [0.1, 0.15) is 303 Å². The smallest absolute Gasteiger partial charge is 0.306 e. The maximum absolute atomic E-state index is 13.1. The lowest BCUT2D eigenvalue weighted by molar-refractivity contribution is -0.332. The maximum atomic E-state index is 13.1. The number of carbonyl (C=O) groups is 2. The van der Waals surface area contributed by atoms with Crippen molar-refractivity contribution in [3.63, 3.8) is 0 Å². The molecule has 0 saturated carbocycles. The molecule has 7 N–H and O–H groups in total. The number of aliphatic hydroxyl groups is 7. The first-order chi connectivity index (χ1) is 39.5. The first-order valence-electron chi connectivity index (χ1n) is 33.8. The van der Waals surface area contributed by atoms with Crippen LogP contribution in [-0.4, -0.2) is 142 Å². The van der Waals surface area contributed by atoms with Crippen LogP contribution in [-0.2, 0) is 38.0 Å². The van der Waals surface area contributed by atoms with Crippen molar-refractivity contribution in [1.29, 1.82) is 0 Å². The molecule has 0 aromatic heterocycles. The van der Waals surface area contributed by atoms with Crippen molar-refractivity contribution >= 4 is 11.9 Å². The fourth-order valence-corrected chi connectivity index (χ4v) is 11.0. The minimum absolute atomic E-state index is 0.123. The number of hydrogen-bond acceptors (Lipinski definition) is 15. The first kappa shape index (κ1) is 75.3. The summed E-state index contributed by atoms with van der Waals surface area (Å²) in [6.45, 7) is 2.65. The van der Waals surface area contributed by atoms with E-state index in [2.05, 4.69) is 26.0 Å². The molecule has 81 heavy (non-hydrogen) atoms. The molecule has 0 aliphatic carbocycles. The molecule has 0 radical (unpaired) electrons. The summed E-state index contributed by atoms with van der Waals surface area (Å²) in [4.78, 5) is 26.0. The van der Waals surface area contributed by atoms with Gasteiger partial charge in [0, 0.05) is 12.8 Å². The minimum Gasteiger partial charge on any atom is -0.462 e. The molecule has 2 aliphatic rings. The van der Waals surface area contributed by atoms with E-state index in [1.165, 1.54) is 225 Å². The van der Waals surface area contributed by atoms with Crippen LogP contribution in [0.4, 0.5) is 0 Å². The Kier molecular flexibility index (Phi) is 48.9. The van der Waals surface area contributed by atoms with Crippen molar-refractivity contribution in [2.24, 2.45) is 0 Å². The molecule has 2 fully saturated rings. The van der Waals surface area contributed by atoms with E-state index in [9.17, 15) is 45.3 Å². The van der Waals surface area contributed by atoms with E-state index in [4.69, 9.17) is 28.4 Å². The van der Waals surface area contributed by atoms with Gasteiger partial charge in [-0.1, -0.05) is 270 Å². The molecule has 4 unspecified atom stereocenters. The van der Waals surface area contributed by atoms with Gasteiger partial charge in [0.25, 0.3) is 0 Å². The van der Waals surface area contributed by atoms with Crippen LogP contribution in [0.15, 0.2) is 12.2 Å². The van der Waals surface area contributed by atoms with Crippen molar-refractivity contribution in [1.82, 2.24) is 0 Å². The first-order valence-corrected chi connectivity index (χ1v) is 33.8. The standard InChI is InChI=1S/C66H124O15/c1-3-5-7-9-11-13-15-17-19-21-23-25-27-29-31-33-35-37-39-41-43-45-47-49-58(69)79-54(52-77-65-64(75)62(73)60(71)56(81-65)53-78-66-63(74)61(72)59(70)55(50-67)80-66)51-76-57(68)48-46-44-42-40-38-36-34-32-30-28-26-24-22-20-18-16-14-12-10-8-6-4-2/h41,43,54-56,59-67,70-75H,3-40,42,44-53H2,1-2H3/b43-41+/t54-,55+,56+,59-,60-,61?,62?,63?,64?,65+,66+/m0/s1. The zero-order valence-corrected chi connectivity index (χ0v) is 51.6. The van der Waals surface area contributed by atoms with E-state index in [1.54, 1.807) is 0 Å². The number of ether oxygens (including phenoxy) is 6. The number of hydrogen-bond donors (Lipinski definition) is 7. The van der Waals surface area contributed by atoms with Crippen molar-refractivity contribution in [3.05, 3.63) is 12.2 Å². The van der Waals surface area contributed by atoms with E-state index in [1.807, 2.05) is 0 Å². The molecule has 2 heterocycles. The summed E-state index contributed by atoms with van der Waals surface area (Å²) in [6, 6.07) is 0. The molecule has 0 spiro atoms. The summed E-state index contributed by atoms with van der Waals surface area (Å²) in [5, 5.41) is 72.5. The van der Waals surface area contributed by atoms with Gasteiger partial charge < -0.3 is 64.2 Å². The van der Waals surface area contributed by atoms with Crippen LogP contribution in [0, 0.1) is 0 Å². The maximum Gasteiger partial charge on any atom is 0.306 e. The summed E-state index contributed by atoms with van der Waals surface area (Å²) in [7, 11) is 0. The Morgan fingerprint density at radius 3 is 1.12 bits per heavy atom. The van der Waals surface area contributed by atoms with Gasteiger partial charge in [-0.2, -0.15) is 0 Å². The van der Waals surface area contributed by atoms with Gasteiger partial charge >= 0.3 is 11.9 Å².